The lowest BCUT2D eigenvalue weighted by Crippen LogP contribution is -2.38. The summed E-state index contributed by atoms with van der Waals surface area (Å²) in [6, 6.07) is 42.6. The van der Waals surface area contributed by atoms with E-state index in [0.29, 0.717) is 23.3 Å². The van der Waals surface area contributed by atoms with Gasteiger partial charge in [-0.25, -0.2) is 19.9 Å². The summed E-state index contributed by atoms with van der Waals surface area (Å²) in [4.78, 5) is 32.1. The van der Waals surface area contributed by atoms with Crippen LogP contribution in [0.4, 0.5) is 0 Å². The third kappa shape index (κ3) is 3.43. The molecule has 0 aliphatic carbocycles. The van der Waals surface area contributed by atoms with Gasteiger partial charge in [-0.3, -0.25) is 4.57 Å². The van der Waals surface area contributed by atoms with Crippen LogP contribution in [0.5, 0.6) is 0 Å². The van der Waals surface area contributed by atoms with Gasteiger partial charge in [0.2, 0.25) is 5.41 Å². The quantitative estimate of drug-likeness (QED) is 0.212. The van der Waals surface area contributed by atoms with Gasteiger partial charge in [0.25, 0.3) is 0 Å². The molecule has 0 aliphatic heterocycles. The van der Waals surface area contributed by atoms with Crippen LogP contribution in [0.25, 0.3) is 49.8 Å². The molecule has 0 atom stereocenters. The number of nitrogens with one attached hydrogen (secondary N) is 3. The maximum absolute atomic E-state index is 5.38. The van der Waals surface area contributed by atoms with Crippen LogP contribution < -0.4 is 0 Å². The number of hydrogen-bond acceptors (Lipinski definition) is 4. The first-order valence-electron chi connectivity index (χ1n) is 14.2. The second-order valence-electron chi connectivity index (χ2n) is 10.7. The molecule has 0 bridgehead atoms. The molecule has 0 amide bonds. The largest absolute Gasteiger partial charge is 0.340 e. The van der Waals surface area contributed by atoms with Crippen molar-refractivity contribution in [2.24, 2.45) is 0 Å². The number of para-hydroxylation sites is 9. The van der Waals surface area contributed by atoms with E-state index >= 15 is 0 Å². The molecule has 43 heavy (non-hydrogen) atoms. The SMILES string of the molecule is c1ccc(-n2c(C(c3nc4ccccc4[nH]3)(c3nc4ccccc4[nH]3)c3nc4ccccc4[nH]3)nc3ccccc32)cc1. The van der Waals surface area contributed by atoms with Crippen molar-refractivity contribution in [1.29, 1.82) is 0 Å². The van der Waals surface area contributed by atoms with Crippen LogP contribution in [0.3, 0.4) is 0 Å². The zero-order chi connectivity index (χ0) is 28.4. The first kappa shape index (κ1) is 23.7. The van der Waals surface area contributed by atoms with E-state index in [-0.39, 0.29) is 0 Å². The third-order valence-electron chi connectivity index (χ3n) is 8.14. The standard InChI is InChI=1S/C35H24N8/c1-2-12-22(13-3-1)43-30-21-11-10-20-29(30)42-34(43)35(31-36-23-14-4-5-15-24(23)37-31,32-38-25-16-6-7-17-26(25)39-32)33-40-27-18-8-9-19-28(27)41-33/h1-21H,(H,36,37)(H,38,39)(H,40,41). The first-order valence-corrected chi connectivity index (χ1v) is 14.2. The monoisotopic (exact) mass is 556 g/mol. The summed E-state index contributed by atoms with van der Waals surface area (Å²) < 4.78 is 2.20. The van der Waals surface area contributed by atoms with Gasteiger partial charge in [-0.05, 0) is 60.7 Å². The van der Waals surface area contributed by atoms with Gasteiger partial charge in [0, 0.05) is 5.69 Å². The van der Waals surface area contributed by atoms with Crippen molar-refractivity contribution in [3.05, 3.63) is 151 Å². The minimum atomic E-state index is -1.20. The second-order valence-corrected chi connectivity index (χ2v) is 10.7. The summed E-state index contributed by atoms with van der Waals surface area (Å²) in [6.45, 7) is 0. The molecule has 0 unspecified atom stereocenters. The highest BCUT2D eigenvalue weighted by atomic mass is 15.2. The maximum atomic E-state index is 5.38. The van der Waals surface area contributed by atoms with Crippen LogP contribution in [0.2, 0.25) is 0 Å². The molecular weight excluding hydrogens is 532 g/mol. The Morgan fingerprint density at radius 3 is 1.33 bits per heavy atom. The number of nitrogens with zero attached hydrogens (tertiary/aromatic N) is 5. The molecule has 0 radical (unpaired) electrons. The molecule has 0 aliphatic rings. The Morgan fingerprint density at radius 1 is 0.419 bits per heavy atom. The lowest BCUT2D eigenvalue weighted by Gasteiger charge is -2.28. The van der Waals surface area contributed by atoms with Gasteiger partial charge in [-0.1, -0.05) is 66.7 Å². The molecule has 4 heterocycles. The number of aromatic nitrogens is 8. The maximum Gasteiger partial charge on any atom is 0.201 e. The number of imidazole rings is 4. The highest BCUT2D eigenvalue weighted by Gasteiger charge is 2.51. The van der Waals surface area contributed by atoms with Crippen molar-refractivity contribution >= 4 is 44.1 Å². The highest BCUT2D eigenvalue weighted by molar-refractivity contribution is 5.83. The number of H-pyrrole nitrogens is 3. The Balaban J connectivity index is 1.51. The van der Waals surface area contributed by atoms with E-state index in [9.17, 15) is 0 Å². The Bertz CT molecular complexity index is 2150. The third-order valence-corrected chi connectivity index (χ3v) is 8.14. The van der Waals surface area contributed by atoms with Gasteiger partial charge in [-0.2, -0.15) is 0 Å². The van der Waals surface area contributed by atoms with E-state index in [4.69, 9.17) is 19.9 Å². The highest BCUT2D eigenvalue weighted by Crippen LogP contribution is 2.44. The summed E-state index contributed by atoms with van der Waals surface area (Å²) in [5.74, 6) is 2.66. The summed E-state index contributed by atoms with van der Waals surface area (Å²) in [5.41, 5.74) is 6.87. The molecule has 9 rings (SSSR count). The van der Waals surface area contributed by atoms with Crippen molar-refractivity contribution in [2.75, 3.05) is 0 Å². The van der Waals surface area contributed by atoms with Crippen LogP contribution in [-0.2, 0) is 5.41 Å². The fourth-order valence-electron chi connectivity index (χ4n) is 6.16. The molecule has 0 fully saturated rings. The molecule has 8 heteroatoms. The number of aromatic amines is 3. The second kappa shape index (κ2) is 8.99. The Labute approximate surface area is 245 Å². The smallest absolute Gasteiger partial charge is 0.201 e. The molecule has 4 aromatic heterocycles. The van der Waals surface area contributed by atoms with Gasteiger partial charge in [0.05, 0.1) is 44.1 Å². The molecule has 8 nitrogen and oxygen atoms in total. The molecule has 0 spiro atoms. The lowest BCUT2D eigenvalue weighted by atomic mass is 9.83. The Hall–Kier alpha value is -6.02. The van der Waals surface area contributed by atoms with E-state index in [1.54, 1.807) is 0 Å². The summed E-state index contributed by atoms with van der Waals surface area (Å²) in [7, 11) is 0. The molecule has 204 valence electrons. The summed E-state index contributed by atoms with van der Waals surface area (Å²) in [6.07, 6.45) is 0. The van der Waals surface area contributed by atoms with Crippen molar-refractivity contribution in [3.8, 4) is 5.69 Å². The van der Waals surface area contributed by atoms with Gasteiger partial charge in [0.1, 0.15) is 23.3 Å². The molecule has 9 aromatic rings. The predicted molar refractivity (Wildman–Crippen MR) is 168 cm³/mol. The topological polar surface area (TPSA) is 104 Å². The van der Waals surface area contributed by atoms with Crippen molar-refractivity contribution in [2.45, 2.75) is 5.41 Å². The minimum absolute atomic E-state index is 0.652. The fraction of sp³-hybridized carbons (Fsp3) is 0.0286. The van der Waals surface area contributed by atoms with Crippen molar-refractivity contribution in [1.82, 2.24) is 39.5 Å². The van der Waals surface area contributed by atoms with Crippen LogP contribution >= 0.6 is 0 Å². The van der Waals surface area contributed by atoms with E-state index < -0.39 is 5.41 Å². The number of fused-ring (bicyclic) bond motifs is 4. The molecule has 0 saturated heterocycles. The lowest BCUT2D eigenvalue weighted by molar-refractivity contribution is 0.573. The Kier molecular flexibility index (Phi) is 4.95. The van der Waals surface area contributed by atoms with E-state index in [1.807, 2.05) is 109 Å². The Morgan fingerprint density at radius 2 is 0.837 bits per heavy atom. The van der Waals surface area contributed by atoms with Crippen LogP contribution in [0.15, 0.2) is 127 Å². The van der Waals surface area contributed by atoms with Crippen LogP contribution in [0.1, 0.15) is 23.3 Å². The van der Waals surface area contributed by atoms with Crippen molar-refractivity contribution in [3.63, 3.8) is 0 Å². The molecule has 5 aromatic carbocycles. The summed E-state index contributed by atoms with van der Waals surface area (Å²) in [5, 5.41) is 0. The zero-order valence-corrected chi connectivity index (χ0v) is 22.9. The van der Waals surface area contributed by atoms with E-state index in [2.05, 4.69) is 37.7 Å². The minimum Gasteiger partial charge on any atom is -0.340 e. The average molecular weight is 557 g/mol. The predicted octanol–water partition coefficient (Wildman–Crippen LogP) is 7.04. The van der Waals surface area contributed by atoms with E-state index in [0.717, 1.165) is 49.8 Å². The van der Waals surface area contributed by atoms with Crippen LogP contribution in [-0.4, -0.2) is 39.5 Å². The van der Waals surface area contributed by atoms with E-state index in [1.165, 1.54) is 0 Å². The number of rotatable bonds is 5. The number of benzene rings is 5. The van der Waals surface area contributed by atoms with Gasteiger partial charge < -0.3 is 15.0 Å². The first-order chi connectivity index (χ1) is 21.3. The molecular formula is C35H24N8. The molecule has 0 saturated carbocycles. The van der Waals surface area contributed by atoms with Gasteiger partial charge in [0.15, 0.2) is 0 Å². The number of hydrogen-bond donors (Lipinski definition) is 3. The summed E-state index contributed by atoms with van der Waals surface area (Å²) >= 11 is 0. The normalized spacial score (nSPS) is 12.2. The molecule has 3 N–H and O–H groups in total. The van der Waals surface area contributed by atoms with Crippen LogP contribution in [0, 0.1) is 0 Å². The van der Waals surface area contributed by atoms with Crippen molar-refractivity contribution < 1.29 is 0 Å². The van der Waals surface area contributed by atoms with Gasteiger partial charge in [-0.15, -0.1) is 0 Å². The van der Waals surface area contributed by atoms with Gasteiger partial charge >= 0.3 is 0 Å². The average Bonchev–Trinajstić information content (AvgIpc) is 3.85. The fourth-order valence-corrected chi connectivity index (χ4v) is 6.16. The zero-order valence-electron chi connectivity index (χ0n) is 22.9.